The minimum atomic E-state index is -5.42. The number of aliphatic hydroxyl groups is 3. The number of rotatable bonds is 14. The van der Waals surface area contributed by atoms with E-state index in [9.17, 15) is 50.2 Å². The van der Waals surface area contributed by atoms with E-state index in [1.807, 2.05) is 0 Å². The third-order valence-electron chi connectivity index (χ3n) is 3.81. The number of aliphatic carboxylic acids is 1. The molecule has 0 bridgehead atoms. The number of ether oxygens (including phenoxy) is 2. The van der Waals surface area contributed by atoms with Gasteiger partial charge in [-0.1, -0.05) is 0 Å². The maximum Gasteiger partial charge on any atom is 0.397 e. The molecule has 1 aliphatic heterocycles. The second-order valence-corrected chi connectivity index (χ2v) is 9.75. The van der Waals surface area contributed by atoms with Crippen molar-refractivity contribution in [2.24, 2.45) is 0 Å². The summed E-state index contributed by atoms with van der Waals surface area (Å²) in [6.45, 7) is -1.49. The fourth-order valence-electron chi connectivity index (χ4n) is 2.47. The number of carbonyl (C=O) groups excluding carboxylic acids is 1. The zero-order valence-corrected chi connectivity index (χ0v) is 19.1. The van der Waals surface area contributed by atoms with Crippen LogP contribution in [0.25, 0.3) is 0 Å². The lowest BCUT2D eigenvalue weighted by molar-refractivity contribution is -0.250. The minimum Gasteiger partial charge on any atom is -0.475 e. The monoisotopic (exact) mass is 577 g/mol. The lowest BCUT2D eigenvalue weighted by Crippen LogP contribution is -2.57. The molecule has 0 saturated heterocycles. The van der Waals surface area contributed by atoms with Crippen LogP contribution in [-0.2, 0) is 58.5 Å². The van der Waals surface area contributed by atoms with Crippen LogP contribution in [0.3, 0.4) is 0 Å². The van der Waals surface area contributed by atoms with Crippen LogP contribution in [0.5, 0.6) is 0 Å². The molecule has 0 spiro atoms. The SMILES string of the molecule is O=C[C@H](NS(=O)(=O)O)[C@H](O)[C@H](O[C@@H]1OC(C(=O)O)=C[C@H](O)[C@H]1OS(=O)(=O)O)[C@H](O)COS(=O)(=O)O. The first-order valence-corrected chi connectivity index (χ1v) is 12.7. The van der Waals surface area contributed by atoms with Gasteiger partial charge in [-0.3, -0.25) is 13.7 Å². The summed E-state index contributed by atoms with van der Waals surface area (Å²) in [6, 6.07) is -2.38. The van der Waals surface area contributed by atoms with Crippen LogP contribution in [0, 0.1) is 0 Å². The van der Waals surface area contributed by atoms with E-state index < -0.39 is 92.3 Å². The molecule has 35 heavy (non-hydrogen) atoms. The molecular formula is C12H19NO19S3. The van der Waals surface area contributed by atoms with Crippen LogP contribution < -0.4 is 4.72 Å². The number of aldehydes is 1. The number of carboxylic acid groups (broad SMARTS) is 1. The molecular weight excluding hydrogens is 558 g/mol. The van der Waals surface area contributed by atoms with Gasteiger partial charge in [-0.2, -0.15) is 30.0 Å². The topological polar surface area (TPSA) is 327 Å². The fourth-order valence-corrected chi connectivity index (χ4v) is 3.81. The van der Waals surface area contributed by atoms with Gasteiger partial charge in [-0.15, -0.1) is 0 Å². The highest BCUT2D eigenvalue weighted by molar-refractivity contribution is 7.83. The van der Waals surface area contributed by atoms with Crippen LogP contribution in [-0.4, -0.2) is 121 Å². The quantitative estimate of drug-likeness (QED) is 0.0705. The average Bonchev–Trinajstić information content (AvgIpc) is 2.67. The summed E-state index contributed by atoms with van der Waals surface area (Å²) >= 11 is 0. The normalized spacial score (nSPS) is 25.0. The Morgan fingerprint density at radius 2 is 1.69 bits per heavy atom. The number of carboxylic acids is 1. The zero-order valence-electron chi connectivity index (χ0n) is 16.7. The number of aliphatic hydroxyl groups excluding tert-OH is 3. The van der Waals surface area contributed by atoms with Crippen LogP contribution in [0.15, 0.2) is 11.8 Å². The maximum absolute atomic E-state index is 11.2. The summed E-state index contributed by atoms with van der Waals surface area (Å²) < 4.78 is 111. The molecule has 0 amide bonds. The highest BCUT2D eigenvalue weighted by Gasteiger charge is 2.45. The first-order valence-electron chi connectivity index (χ1n) is 8.53. The van der Waals surface area contributed by atoms with Crippen LogP contribution in [0.1, 0.15) is 0 Å². The van der Waals surface area contributed by atoms with Gasteiger partial charge in [0.2, 0.25) is 12.0 Å². The number of carbonyl (C=O) groups is 2. The Labute approximate surface area is 196 Å². The maximum atomic E-state index is 11.2. The van der Waals surface area contributed by atoms with Gasteiger partial charge in [0.25, 0.3) is 0 Å². The molecule has 0 aromatic heterocycles. The van der Waals surface area contributed by atoms with Gasteiger partial charge < -0.3 is 34.7 Å². The van der Waals surface area contributed by atoms with Gasteiger partial charge in [0.15, 0.2) is 6.10 Å². The van der Waals surface area contributed by atoms with Gasteiger partial charge in [0.05, 0.1) is 6.61 Å². The second-order valence-electron chi connectivity index (χ2n) is 6.43. The van der Waals surface area contributed by atoms with Crippen LogP contribution >= 0.6 is 0 Å². The Hall–Kier alpha value is -1.87. The molecule has 0 saturated carbocycles. The Morgan fingerprint density at radius 1 is 1.11 bits per heavy atom. The van der Waals surface area contributed by atoms with Crippen molar-refractivity contribution in [1.82, 2.24) is 4.72 Å². The van der Waals surface area contributed by atoms with Crippen molar-refractivity contribution in [3.05, 3.63) is 11.8 Å². The van der Waals surface area contributed by atoms with Crippen molar-refractivity contribution < 1.29 is 86.8 Å². The highest BCUT2D eigenvalue weighted by Crippen LogP contribution is 2.26. The Kier molecular flexibility index (Phi) is 10.6. The molecule has 0 unspecified atom stereocenters. The fraction of sp³-hybridized carbons (Fsp3) is 0.667. The third-order valence-corrected chi connectivity index (χ3v) is 5.28. The van der Waals surface area contributed by atoms with Crippen molar-refractivity contribution in [3.8, 4) is 0 Å². The Balaban J connectivity index is 3.43. The lowest BCUT2D eigenvalue weighted by Gasteiger charge is -2.37. The zero-order chi connectivity index (χ0) is 27.4. The van der Waals surface area contributed by atoms with E-state index in [1.165, 1.54) is 4.72 Å². The van der Waals surface area contributed by atoms with Gasteiger partial charge in [-0.25, -0.2) is 13.2 Å². The van der Waals surface area contributed by atoms with Gasteiger partial charge >= 0.3 is 37.1 Å². The predicted molar refractivity (Wildman–Crippen MR) is 102 cm³/mol. The number of hydrogen-bond donors (Lipinski definition) is 8. The first kappa shape index (κ1) is 31.2. The van der Waals surface area contributed by atoms with Crippen molar-refractivity contribution in [3.63, 3.8) is 0 Å². The molecule has 0 fully saturated rings. The summed E-state index contributed by atoms with van der Waals surface area (Å²) in [5, 5.41) is 39.5. The van der Waals surface area contributed by atoms with E-state index in [0.717, 1.165) is 0 Å². The van der Waals surface area contributed by atoms with E-state index in [-0.39, 0.29) is 6.29 Å². The van der Waals surface area contributed by atoms with Gasteiger partial charge in [0.1, 0.15) is 36.7 Å². The van der Waals surface area contributed by atoms with Crippen molar-refractivity contribution in [2.75, 3.05) is 6.61 Å². The number of nitrogens with one attached hydrogen (secondary N) is 1. The summed E-state index contributed by atoms with van der Waals surface area (Å²) in [4.78, 5) is 22.4. The summed E-state index contributed by atoms with van der Waals surface area (Å²) in [5.74, 6) is -3.01. The molecule has 7 atom stereocenters. The number of hydrogen-bond acceptors (Lipinski definition) is 15. The summed E-state index contributed by atoms with van der Waals surface area (Å²) in [7, 11) is -15.9. The first-order chi connectivity index (χ1) is 15.7. The predicted octanol–water partition coefficient (Wildman–Crippen LogP) is -5.25. The molecule has 0 aliphatic carbocycles. The molecule has 1 rings (SSSR count). The summed E-state index contributed by atoms with van der Waals surface area (Å²) in [5.41, 5.74) is 0. The Morgan fingerprint density at radius 3 is 2.11 bits per heavy atom. The molecule has 0 aromatic carbocycles. The summed E-state index contributed by atoms with van der Waals surface area (Å²) in [6.07, 6.45) is -14.7. The Bertz CT molecular complexity index is 1110. The van der Waals surface area contributed by atoms with E-state index in [2.05, 4.69) is 8.37 Å². The van der Waals surface area contributed by atoms with E-state index in [0.29, 0.717) is 6.08 Å². The molecule has 1 aliphatic rings. The average molecular weight is 577 g/mol. The van der Waals surface area contributed by atoms with E-state index in [4.69, 9.17) is 28.2 Å². The van der Waals surface area contributed by atoms with Crippen molar-refractivity contribution in [1.29, 1.82) is 0 Å². The smallest absolute Gasteiger partial charge is 0.397 e. The minimum absolute atomic E-state index is 0.351. The highest BCUT2D eigenvalue weighted by atomic mass is 32.3. The van der Waals surface area contributed by atoms with E-state index in [1.54, 1.807) is 0 Å². The van der Waals surface area contributed by atoms with E-state index >= 15 is 0 Å². The molecule has 204 valence electrons. The van der Waals surface area contributed by atoms with Crippen molar-refractivity contribution >= 4 is 43.4 Å². The molecule has 0 radical (unpaired) electrons. The second kappa shape index (κ2) is 11.9. The van der Waals surface area contributed by atoms with Crippen molar-refractivity contribution in [2.45, 2.75) is 42.9 Å². The molecule has 1 heterocycles. The molecule has 0 aromatic rings. The molecule has 20 nitrogen and oxygen atoms in total. The third kappa shape index (κ3) is 10.7. The van der Waals surface area contributed by atoms with Gasteiger partial charge in [-0.05, 0) is 6.08 Å². The largest absolute Gasteiger partial charge is 0.475 e. The van der Waals surface area contributed by atoms with Gasteiger partial charge in [0, 0.05) is 0 Å². The van der Waals surface area contributed by atoms with Crippen LogP contribution in [0.4, 0.5) is 0 Å². The molecule has 23 heteroatoms. The molecule has 8 N–H and O–H groups in total. The lowest BCUT2D eigenvalue weighted by atomic mass is 10.0. The standard InChI is InChI=1S/C12H19NO19S3/c14-2-4(13-33(20,21)22)8(17)9(6(16)3-29-34(23,24)25)31-12-10(32-35(26,27)28)5(15)1-7(30-12)11(18)19/h1-2,4-6,8-10,12-13,15-17H,3H2,(H,18,19)(H,20,21,22)(H,23,24,25)(H,26,27,28)/t4-,5-,6+,8-,9+,10+,12-/m0/s1. The van der Waals surface area contributed by atoms with Crippen LogP contribution in [0.2, 0.25) is 0 Å².